The molecule has 4 rings (SSSR count). The molecule has 3 aromatic rings. The molecule has 1 aromatic carbocycles. The minimum absolute atomic E-state index is 0.0437. The molecule has 0 bridgehead atoms. The predicted molar refractivity (Wildman–Crippen MR) is 120 cm³/mol. The van der Waals surface area contributed by atoms with Crippen LogP contribution < -0.4 is 5.32 Å². The standard InChI is InChI=1S/C20H18N4O7S2/c1-2-31-20(26)17-14-8-10-33(29,30)11-16(14)32-19(17)21-18(25)15-7-9-23(22-15)12-3-5-13(6-4-12)24(27)28/h3-7,9H,2,8,10-11H2,1H3,(H,21,25). The van der Waals surface area contributed by atoms with Crippen LogP contribution in [0.4, 0.5) is 10.7 Å². The molecule has 1 aliphatic rings. The monoisotopic (exact) mass is 490 g/mol. The second-order valence-corrected chi connectivity index (χ2v) is 10.4. The van der Waals surface area contributed by atoms with Gasteiger partial charge in [-0.3, -0.25) is 14.9 Å². The van der Waals surface area contributed by atoms with E-state index in [1.54, 1.807) is 6.92 Å². The third kappa shape index (κ3) is 4.64. The first-order chi connectivity index (χ1) is 15.7. The van der Waals surface area contributed by atoms with Gasteiger partial charge in [-0.2, -0.15) is 5.10 Å². The summed E-state index contributed by atoms with van der Waals surface area (Å²) in [7, 11) is -3.27. The summed E-state index contributed by atoms with van der Waals surface area (Å²) >= 11 is 1.04. The number of non-ortho nitro benzene ring substituents is 1. The maximum absolute atomic E-state index is 12.8. The van der Waals surface area contributed by atoms with Gasteiger partial charge in [0.15, 0.2) is 15.5 Å². The van der Waals surface area contributed by atoms with Gasteiger partial charge in [0.05, 0.1) is 34.3 Å². The average molecular weight is 491 g/mol. The molecule has 0 radical (unpaired) electrons. The van der Waals surface area contributed by atoms with E-state index < -0.39 is 26.6 Å². The number of carbonyl (C=O) groups excluding carboxylic acids is 2. The van der Waals surface area contributed by atoms with Gasteiger partial charge in [0.2, 0.25) is 0 Å². The SMILES string of the molecule is CCOC(=O)c1c(NC(=O)c2ccn(-c3ccc([N+](=O)[O-])cc3)n2)sc2c1CCS(=O)(=O)C2. The second kappa shape index (κ2) is 8.75. The molecule has 0 spiro atoms. The summed E-state index contributed by atoms with van der Waals surface area (Å²) in [6, 6.07) is 7.11. The maximum atomic E-state index is 12.8. The Morgan fingerprint density at radius 1 is 1.27 bits per heavy atom. The summed E-state index contributed by atoms with van der Waals surface area (Å²) in [5.74, 6) is -1.48. The first-order valence-corrected chi connectivity index (χ1v) is 12.5. The van der Waals surface area contributed by atoms with Gasteiger partial charge in [-0.15, -0.1) is 11.3 Å². The van der Waals surface area contributed by atoms with E-state index in [-0.39, 0.29) is 46.5 Å². The van der Waals surface area contributed by atoms with E-state index in [0.717, 1.165) is 11.3 Å². The van der Waals surface area contributed by atoms with Gasteiger partial charge in [-0.05, 0) is 37.1 Å². The molecule has 0 unspecified atom stereocenters. The molecule has 3 heterocycles. The van der Waals surface area contributed by atoms with Crippen LogP contribution in [0.25, 0.3) is 5.69 Å². The zero-order valence-electron chi connectivity index (χ0n) is 17.3. The summed E-state index contributed by atoms with van der Waals surface area (Å²) in [6.07, 6.45) is 1.70. The zero-order chi connectivity index (χ0) is 23.8. The number of nitro benzene ring substituents is 1. The third-order valence-corrected chi connectivity index (χ3v) is 7.84. The summed E-state index contributed by atoms with van der Waals surface area (Å²) in [5.41, 5.74) is 1.25. The van der Waals surface area contributed by atoms with E-state index in [1.165, 1.54) is 41.2 Å². The normalized spacial score (nSPS) is 14.3. The molecular weight excluding hydrogens is 472 g/mol. The van der Waals surface area contributed by atoms with Crippen molar-refractivity contribution in [3.63, 3.8) is 0 Å². The molecule has 0 saturated heterocycles. The Balaban J connectivity index is 1.60. The maximum Gasteiger partial charge on any atom is 0.341 e. The van der Waals surface area contributed by atoms with Crippen LogP contribution in [0.5, 0.6) is 0 Å². The van der Waals surface area contributed by atoms with E-state index in [1.807, 2.05) is 0 Å². The number of ether oxygens (including phenoxy) is 1. The average Bonchev–Trinajstić information content (AvgIpc) is 3.38. The quantitative estimate of drug-likeness (QED) is 0.315. The van der Waals surface area contributed by atoms with Crippen LogP contribution in [0, 0.1) is 10.1 Å². The number of nitrogens with zero attached hydrogens (tertiary/aromatic N) is 3. The van der Waals surface area contributed by atoms with Crippen molar-refractivity contribution >= 4 is 43.7 Å². The number of amides is 1. The highest BCUT2D eigenvalue weighted by atomic mass is 32.2. The molecule has 2 aromatic heterocycles. The van der Waals surface area contributed by atoms with E-state index in [9.17, 15) is 28.1 Å². The lowest BCUT2D eigenvalue weighted by Gasteiger charge is -2.13. The van der Waals surface area contributed by atoms with Crippen molar-refractivity contribution in [2.75, 3.05) is 17.7 Å². The number of esters is 1. The molecule has 0 fully saturated rings. The topological polar surface area (TPSA) is 150 Å². The third-order valence-electron chi connectivity index (χ3n) is 4.96. The fourth-order valence-electron chi connectivity index (χ4n) is 3.41. The Hall–Kier alpha value is -3.58. The number of hydrogen-bond donors (Lipinski definition) is 1. The van der Waals surface area contributed by atoms with Crippen LogP contribution in [0.15, 0.2) is 36.5 Å². The molecule has 1 aliphatic heterocycles. The van der Waals surface area contributed by atoms with Gasteiger partial charge in [0.25, 0.3) is 11.6 Å². The number of thiophene rings is 1. The van der Waals surface area contributed by atoms with Crippen molar-refractivity contribution in [3.05, 3.63) is 68.3 Å². The number of carbonyl (C=O) groups is 2. The molecule has 0 aliphatic carbocycles. The lowest BCUT2D eigenvalue weighted by atomic mass is 10.1. The number of benzene rings is 1. The molecule has 1 amide bonds. The Morgan fingerprint density at radius 2 is 2.00 bits per heavy atom. The minimum Gasteiger partial charge on any atom is -0.462 e. The number of hydrogen-bond acceptors (Lipinski definition) is 9. The van der Waals surface area contributed by atoms with Crippen molar-refractivity contribution in [2.45, 2.75) is 19.1 Å². The number of anilines is 1. The number of aromatic nitrogens is 2. The van der Waals surface area contributed by atoms with Crippen LogP contribution in [-0.2, 0) is 26.7 Å². The Morgan fingerprint density at radius 3 is 2.67 bits per heavy atom. The van der Waals surface area contributed by atoms with Crippen LogP contribution >= 0.6 is 11.3 Å². The Bertz CT molecular complexity index is 1360. The van der Waals surface area contributed by atoms with Crippen molar-refractivity contribution in [3.8, 4) is 5.69 Å². The number of nitro groups is 1. The Labute approximate surface area is 192 Å². The molecule has 13 heteroatoms. The van der Waals surface area contributed by atoms with Crippen molar-refractivity contribution in [1.29, 1.82) is 0 Å². The van der Waals surface area contributed by atoms with Gasteiger partial charge in [-0.1, -0.05) is 0 Å². The van der Waals surface area contributed by atoms with Gasteiger partial charge in [-0.25, -0.2) is 17.9 Å². The molecular formula is C20H18N4O7S2. The summed E-state index contributed by atoms with van der Waals surface area (Å²) in [4.78, 5) is 36.2. The molecule has 1 N–H and O–H groups in total. The van der Waals surface area contributed by atoms with Crippen molar-refractivity contribution in [2.24, 2.45) is 0 Å². The first kappa shape index (κ1) is 22.6. The molecule has 172 valence electrons. The number of sulfone groups is 1. The minimum atomic E-state index is -3.27. The zero-order valence-corrected chi connectivity index (χ0v) is 18.9. The van der Waals surface area contributed by atoms with E-state index in [4.69, 9.17) is 4.74 Å². The molecule has 0 saturated carbocycles. The largest absolute Gasteiger partial charge is 0.462 e. The summed E-state index contributed by atoms with van der Waals surface area (Å²) < 4.78 is 30.5. The highest BCUT2D eigenvalue weighted by molar-refractivity contribution is 7.90. The van der Waals surface area contributed by atoms with Crippen LogP contribution in [0.1, 0.15) is 38.2 Å². The highest BCUT2D eigenvalue weighted by Crippen LogP contribution is 2.38. The van der Waals surface area contributed by atoms with E-state index >= 15 is 0 Å². The van der Waals surface area contributed by atoms with Crippen molar-refractivity contribution in [1.82, 2.24) is 9.78 Å². The number of fused-ring (bicyclic) bond motifs is 1. The molecule has 11 nitrogen and oxygen atoms in total. The smallest absolute Gasteiger partial charge is 0.341 e. The predicted octanol–water partition coefficient (Wildman–Crippen LogP) is 2.74. The van der Waals surface area contributed by atoms with Crippen LogP contribution in [0.3, 0.4) is 0 Å². The lowest BCUT2D eigenvalue weighted by molar-refractivity contribution is -0.384. The van der Waals surface area contributed by atoms with Gasteiger partial charge < -0.3 is 10.1 Å². The van der Waals surface area contributed by atoms with Gasteiger partial charge >= 0.3 is 5.97 Å². The Kier molecular flexibility index (Phi) is 5.99. The van der Waals surface area contributed by atoms with Gasteiger partial charge in [0.1, 0.15) is 5.00 Å². The summed E-state index contributed by atoms with van der Waals surface area (Å²) in [5, 5.41) is 17.9. The molecule has 0 atom stereocenters. The highest BCUT2D eigenvalue weighted by Gasteiger charge is 2.32. The van der Waals surface area contributed by atoms with Crippen LogP contribution in [-0.4, -0.2) is 47.4 Å². The van der Waals surface area contributed by atoms with Crippen molar-refractivity contribution < 1.29 is 27.7 Å². The molecule has 33 heavy (non-hydrogen) atoms. The number of nitrogens with one attached hydrogen (secondary N) is 1. The fourth-order valence-corrected chi connectivity index (χ4v) is 6.45. The van der Waals surface area contributed by atoms with E-state index in [2.05, 4.69) is 10.4 Å². The van der Waals surface area contributed by atoms with Crippen LogP contribution in [0.2, 0.25) is 0 Å². The lowest BCUT2D eigenvalue weighted by Crippen LogP contribution is -2.20. The fraction of sp³-hybridized carbons (Fsp3) is 0.250. The number of rotatable bonds is 6. The first-order valence-electron chi connectivity index (χ1n) is 9.82. The second-order valence-electron chi connectivity index (χ2n) is 7.14. The summed E-state index contributed by atoms with van der Waals surface area (Å²) in [6.45, 7) is 1.79. The van der Waals surface area contributed by atoms with Gasteiger partial charge in [0, 0.05) is 23.2 Å². The van der Waals surface area contributed by atoms with E-state index in [0.29, 0.717) is 16.1 Å².